The summed E-state index contributed by atoms with van der Waals surface area (Å²) >= 11 is 5.43. The van der Waals surface area contributed by atoms with Crippen LogP contribution in [0.1, 0.15) is 67.1 Å². The molecule has 4 bridgehead atoms. The average molecular weight is 485 g/mol. The minimum Gasteiger partial charge on any atom is -0.331 e. The summed E-state index contributed by atoms with van der Waals surface area (Å²) in [5.41, 5.74) is 10.6. The van der Waals surface area contributed by atoms with Gasteiger partial charge in [0, 0.05) is 11.1 Å². The van der Waals surface area contributed by atoms with Crippen LogP contribution in [0.2, 0.25) is 0 Å². The van der Waals surface area contributed by atoms with Crippen LogP contribution in [-0.2, 0) is 11.8 Å². The molecule has 0 saturated heterocycles. The molecule has 0 atom stereocenters. The highest BCUT2D eigenvalue weighted by Gasteiger charge is 2.52. The Morgan fingerprint density at radius 3 is 2.34 bits per heavy atom. The van der Waals surface area contributed by atoms with Crippen LogP contribution >= 0.6 is 12.2 Å². The minimum atomic E-state index is -0.269. The summed E-state index contributed by atoms with van der Waals surface area (Å²) in [6.07, 6.45) is 8.82. The van der Waals surface area contributed by atoms with Crippen molar-refractivity contribution in [3.05, 3.63) is 71.4 Å². The fourth-order valence-electron chi connectivity index (χ4n) is 7.45. The van der Waals surface area contributed by atoms with Crippen molar-refractivity contribution in [3.63, 3.8) is 0 Å². The van der Waals surface area contributed by atoms with E-state index in [1.165, 1.54) is 55.0 Å². The van der Waals surface area contributed by atoms with E-state index in [2.05, 4.69) is 47.4 Å². The van der Waals surface area contributed by atoms with Crippen molar-refractivity contribution >= 4 is 39.8 Å². The van der Waals surface area contributed by atoms with Crippen LogP contribution in [0.4, 0.5) is 5.69 Å². The van der Waals surface area contributed by atoms with Crippen molar-refractivity contribution in [1.82, 2.24) is 15.8 Å². The second-order valence-corrected chi connectivity index (χ2v) is 11.2. The van der Waals surface area contributed by atoms with E-state index in [-0.39, 0.29) is 11.3 Å². The van der Waals surface area contributed by atoms with E-state index < -0.39 is 0 Å². The van der Waals surface area contributed by atoms with Crippen LogP contribution in [0, 0.1) is 17.8 Å². The fourth-order valence-corrected chi connectivity index (χ4v) is 7.61. The number of aryl methyl sites for hydroxylation is 1. The zero-order chi connectivity index (χ0) is 24.0. The van der Waals surface area contributed by atoms with E-state index in [4.69, 9.17) is 17.2 Å². The SMILES string of the molecule is CCc1ccccc1NC(=S)NNC(=O)c1cc(C23CC4CC(CC(C4)C2)C3)c2ccccc2n1. The number of amides is 1. The van der Waals surface area contributed by atoms with Gasteiger partial charge >= 0.3 is 0 Å². The molecule has 3 N–H and O–H groups in total. The largest absolute Gasteiger partial charge is 0.331 e. The topological polar surface area (TPSA) is 66.0 Å². The maximum absolute atomic E-state index is 13.2. The molecule has 5 nitrogen and oxygen atoms in total. The third-order valence-electron chi connectivity index (χ3n) is 8.49. The highest BCUT2D eigenvalue weighted by Crippen LogP contribution is 2.61. The van der Waals surface area contributed by atoms with Crippen molar-refractivity contribution in [2.45, 2.75) is 57.3 Å². The second-order valence-electron chi connectivity index (χ2n) is 10.8. The molecule has 3 aromatic rings. The predicted octanol–water partition coefficient (Wildman–Crippen LogP) is 5.90. The first-order chi connectivity index (χ1) is 17.0. The molecule has 4 fully saturated rings. The first kappa shape index (κ1) is 22.5. The van der Waals surface area contributed by atoms with E-state index >= 15 is 0 Å². The smallest absolute Gasteiger partial charge is 0.288 e. The summed E-state index contributed by atoms with van der Waals surface area (Å²) in [5.74, 6) is 2.24. The number of aromatic nitrogens is 1. The Bertz CT molecular complexity index is 1270. The maximum atomic E-state index is 13.2. The predicted molar refractivity (Wildman–Crippen MR) is 144 cm³/mol. The van der Waals surface area contributed by atoms with Gasteiger partial charge in [-0.1, -0.05) is 43.3 Å². The Morgan fingerprint density at radius 2 is 1.63 bits per heavy atom. The molecule has 7 rings (SSSR count). The van der Waals surface area contributed by atoms with Gasteiger partial charge in [0.1, 0.15) is 5.69 Å². The number of carbonyl (C=O) groups is 1. The Morgan fingerprint density at radius 1 is 0.971 bits per heavy atom. The van der Waals surface area contributed by atoms with Gasteiger partial charge in [-0.05, 0) is 110 Å². The molecule has 1 heterocycles. The highest BCUT2D eigenvalue weighted by atomic mass is 32.1. The Balaban J connectivity index is 1.25. The number of fused-ring (bicyclic) bond motifs is 1. The van der Waals surface area contributed by atoms with Gasteiger partial charge in [0.2, 0.25) is 0 Å². The van der Waals surface area contributed by atoms with E-state index in [0.717, 1.165) is 35.4 Å². The highest BCUT2D eigenvalue weighted by molar-refractivity contribution is 7.80. The first-order valence-electron chi connectivity index (χ1n) is 12.9. The number of rotatable bonds is 4. The molecule has 0 radical (unpaired) electrons. The van der Waals surface area contributed by atoms with Gasteiger partial charge in [0.05, 0.1) is 5.52 Å². The summed E-state index contributed by atoms with van der Waals surface area (Å²) < 4.78 is 0. The van der Waals surface area contributed by atoms with Crippen molar-refractivity contribution < 1.29 is 4.79 Å². The number of hydrogen-bond acceptors (Lipinski definition) is 3. The Kier molecular flexibility index (Phi) is 5.72. The molecule has 4 aliphatic rings. The number of nitrogens with one attached hydrogen (secondary N) is 3. The van der Waals surface area contributed by atoms with Crippen LogP contribution in [-0.4, -0.2) is 16.0 Å². The Labute approximate surface area is 212 Å². The molecular formula is C29H32N4OS. The van der Waals surface area contributed by atoms with Gasteiger partial charge < -0.3 is 5.32 Å². The average Bonchev–Trinajstić information content (AvgIpc) is 2.86. The van der Waals surface area contributed by atoms with Crippen LogP contribution in [0.5, 0.6) is 0 Å². The molecule has 6 heteroatoms. The molecule has 180 valence electrons. The lowest BCUT2D eigenvalue weighted by molar-refractivity contribution is -0.00454. The van der Waals surface area contributed by atoms with Gasteiger partial charge in [-0.2, -0.15) is 0 Å². The maximum Gasteiger partial charge on any atom is 0.288 e. The summed E-state index contributed by atoms with van der Waals surface area (Å²) in [5, 5.41) is 4.73. The lowest BCUT2D eigenvalue weighted by Gasteiger charge is -2.57. The molecule has 4 aliphatic carbocycles. The van der Waals surface area contributed by atoms with E-state index in [0.29, 0.717) is 10.8 Å². The number of hydrogen-bond donors (Lipinski definition) is 3. The number of benzene rings is 2. The second kappa shape index (κ2) is 8.90. The van der Waals surface area contributed by atoms with E-state index in [1.54, 1.807) is 0 Å². The molecule has 2 aromatic carbocycles. The molecule has 0 aliphatic heterocycles. The lowest BCUT2D eigenvalue weighted by Crippen LogP contribution is -2.49. The fraction of sp³-hybridized carbons (Fsp3) is 0.414. The molecule has 0 unspecified atom stereocenters. The van der Waals surface area contributed by atoms with Gasteiger partial charge in [0.25, 0.3) is 5.91 Å². The zero-order valence-corrected chi connectivity index (χ0v) is 21.0. The van der Waals surface area contributed by atoms with Gasteiger partial charge in [-0.3, -0.25) is 15.6 Å². The van der Waals surface area contributed by atoms with Crippen molar-refractivity contribution in [3.8, 4) is 0 Å². The number of hydrazine groups is 1. The van der Waals surface area contributed by atoms with Crippen LogP contribution < -0.4 is 16.2 Å². The number of nitrogens with zero attached hydrogens (tertiary/aromatic N) is 1. The normalized spacial score (nSPS) is 26.5. The molecular weight excluding hydrogens is 452 g/mol. The number of carbonyl (C=O) groups excluding carboxylic acids is 1. The summed E-state index contributed by atoms with van der Waals surface area (Å²) in [7, 11) is 0. The number of thiocarbonyl (C=S) groups is 1. The molecule has 1 aromatic heterocycles. The van der Waals surface area contributed by atoms with Crippen molar-refractivity contribution in [2.24, 2.45) is 17.8 Å². The molecule has 4 saturated carbocycles. The molecule has 1 amide bonds. The van der Waals surface area contributed by atoms with Crippen LogP contribution in [0.25, 0.3) is 10.9 Å². The summed E-state index contributed by atoms with van der Waals surface area (Å²) in [4.78, 5) is 18.0. The number of para-hydroxylation sites is 2. The van der Waals surface area contributed by atoms with Gasteiger partial charge in [-0.15, -0.1) is 0 Å². The van der Waals surface area contributed by atoms with Crippen LogP contribution in [0.15, 0.2) is 54.6 Å². The minimum absolute atomic E-state index is 0.181. The zero-order valence-electron chi connectivity index (χ0n) is 20.1. The summed E-state index contributed by atoms with van der Waals surface area (Å²) in [6.45, 7) is 2.10. The van der Waals surface area contributed by atoms with E-state index in [1.807, 2.05) is 30.3 Å². The quantitative estimate of drug-likeness (QED) is 0.318. The number of anilines is 1. The van der Waals surface area contributed by atoms with Gasteiger partial charge in [0.15, 0.2) is 5.11 Å². The monoisotopic (exact) mass is 484 g/mol. The first-order valence-corrected chi connectivity index (χ1v) is 13.3. The number of pyridine rings is 1. The summed E-state index contributed by atoms with van der Waals surface area (Å²) in [6, 6.07) is 18.4. The molecule has 35 heavy (non-hydrogen) atoms. The standard InChI is InChI=1S/C29H32N4OS/c1-2-21-7-3-5-9-24(21)31-28(35)33-32-27(34)26-14-23(22-8-4-6-10-25(22)30-26)29-15-18-11-19(16-29)13-20(12-18)17-29/h3-10,14,18-20H,2,11-13,15-17H2,1H3,(H,32,34)(H2,31,33,35). The Hall–Kier alpha value is -2.99. The third-order valence-corrected chi connectivity index (χ3v) is 8.70. The van der Waals surface area contributed by atoms with Crippen molar-refractivity contribution in [2.75, 3.05) is 5.32 Å². The van der Waals surface area contributed by atoms with E-state index in [9.17, 15) is 4.79 Å². The van der Waals surface area contributed by atoms with Gasteiger partial charge in [-0.25, -0.2) is 4.98 Å². The van der Waals surface area contributed by atoms with Crippen molar-refractivity contribution in [1.29, 1.82) is 0 Å². The third kappa shape index (κ3) is 4.18. The lowest BCUT2D eigenvalue weighted by atomic mass is 9.48. The van der Waals surface area contributed by atoms with Crippen LogP contribution in [0.3, 0.4) is 0 Å². The molecule has 0 spiro atoms.